The fourth-order valence-corrected chi connectivity index (χ4v) is 3.31. The summed E-state index contributed by atoms with van der Waals surface area (Å²) in [5, 5.41) is 5.65. The molecule has 1 saturated heterocycles. The molecule has 0 spiro atoms. The van der Waals surface area contributed by atoms with Crippen LogP contribution in [0.3, 0.4) is 0 Å². The summed E-state index contributed by atoms with van der Waals surface area (Å²) in [5.74, 6) is -0.221. The largest absolute Gasteiger partial charge is 0.465 e. The molecular formula is C19H25N3O4. The maximum absolute atomic E-state index is 12.3. The number of hydrogen-bond donors (Lipinski definition) is 0. The highest BCUT2D eigenvalue weighted by Gasteiger charge is 2.32. The Balaban J connectivity index is 1.83. The molecule has 1 unspecified atom stereocenters. The zero-order valence-corrected chi connectivity index (χ0v) is 15.9. The Bertz CT molecular complexity index is 850. The number of aromatic nitrogens is 2. The van der Waals surface area contributed by atoms with Crippen molar-refractivity contribution in [1.29, 1.82) is 0 Å². The number of nitrogens with zero attached hydrogens (tertiary/aromatic N) is 3. The first kappa shape index (κ1) is 18.2. The highest BCUT2D eigenvalue weighted by molar-refractivity contribution is 5.95. The lowest BCUT2D eigenvalue weighted by Crippen LogP contribution is -2.35. The van der Waals surface area contributed by atoms with E-state index in [4.69, 9.17) is 9.47 Å². The third-order valence-electron chi connectivity index (χ3n) is 4.53. The fourth-order valence-electron chi connectivity index (χ4n) is 3.31. The molecule has 2 aromatic rings. The second-order valence-corrected chi connectivity index (χ2v) is 7.64. The number of carbonyl (C=O) groups excluding carboxylic acids is 2. The molecule has 1 aliphatic rings. The number of likely N-dealkylation sites (tertiary alicyclic amines) is 1. The van der Waals surface area contributed by atoms with Crippen LogP contribution in [0.15, 0.2) is 18.2 Å². The second kappa shape index (κ2) is 6.63. The topological polar surface area (TPSA) is 73.7 Å². The van der Waals surface area contributed by atoms with Crippen molar-refractivity contribution in [3.63, 3.8) is 0 Å². The summed E-state index contributed by atoms with van der Waals surface area (Å²) in [5.41, 5.74) is 1.82. The predicted molar refractivity (Wildman–Crippen MR) is 97.2 cm³/mol. The molecule has 1 aromatic carbocycles. The van der Waals surface area contributed by atoms with Crippen LogP contribution in [-0.2, 0) is 16.5 Å². The molecule has 140 valence electrons. The van der Waals surface area contributed by atoms with Gasteiger partial charge in [0.15, 0.2) is 0 Å². The zero-order valence-electron chi connectivity index (χ0n) is 15.9. The van der Waals surface area contributed by atoms with E-state index in [1.807, 2.05) is 33.9 Å². The first-order chi connectivity index (χ1) is 12.2. The normalized spacial score (nSPS) is 17.6. The molecule has 2 heterocycles. The number of aryl methyl sites for hydroxylation is 1. The summed E-state index contributed by atoms with van der Waals surface area (Å²) in [6, 6.07) is 5.44. The van der Waals surface area contributed by atoms with Crippen molar-refractivity contribution in [3.8, 4) is 0 Å². The van der Waals surface area contributed by atoms with Crippen molar-refractivity contribution >= 4 is 23.0 Å². The lowest BCUT2D eigenvalue weighted by molar-refractivity contribution is 0.0292. The number of amides is 1. The summed E-state index contributed by atoms with van der Waals surface area (Å²) in [6.07, 6.45) is 0.553. The number of benzene rings is 1. The minimum atomic E-state index is -0.503. The Labute approximate surface area is 152 Å². The summed E-state index contributed by atoms with van der Waals surface area (Å²) >= 11 is 0. The number of fused-ring (bicyclic) bond motifs is 1. The summed E-state index contributed by atoms with van der Waals surface area (Å²) in [7, 11) is 3.22. The van der Waals surface area contributed by atoms with Crippen LogP contribution in [0, 0.1) is 0 Å². The SMILES string of the molecule is COC(=O)c1ccc2c(C3CCN(C(=O)OC(C)(C)C)C3)nn(C)c2c1. The first-order valence-electron chi connectivity index (χ1n) is 8.72. The van der Waals surface area contributed by atoms with Crippen LogP contribution in [0.5, 0.6) is 0 Å². The monoisotopic (exact) mass is 359 g/mol. The van der Waals surface area contributed by atoms with Gasteiger partial charge in [0.1, 0.15) is 5.60 Å². The van der Waals surface area contributed by atoms with Gasteiger partial charge >= 0.3 is 12.1 Å². The van der Waals surface area contributed by atoms with E-state index in [0.717, 1.165) is 23.0 Å². The smallest absolute Gasteiger partial charge is 0.410 e. The molecule has 0 bridgehead atoms. The van der Waals surface area contributed by atoms with E-state index in [1.54, 1.807) is 21.7 Å². The van der Waals surface area contributed by atoms with Crippen molar-refractivity contribution < 1.29 is 19.1 Å². The van der Waals surface area contributed by atoms with Gasteiger partial charge in [-0.2, -0.15) is 5.10 Å². The Morgan fingerprint density at radius 3 is 2.65 bits per heavy atom. The van der Waals surface area contributed by atoms with Gasteiger partial charge in [-0.25, -0.2) is 9.59 Å². The number of esters is 1. The van der Waals surface area contributed by atoms with E-state index in [1.165, 1.54) is 7.11 Å². The summed E-state index contributed by atoms with van der Waals surface area (Å²) < 4.78 is 12.0. The fraction of sp³-hybridized carbons (Fsp3) is 0.526. The van der Waals surface area contributed by atoms with Crippen LogP contribution >= 0.6 is 0 Å². The molecule has 1 fully saturated rings. The van der Waals surface area contributed by atoms with E-state index in [-0.39, 0.29) is 18.0 Å². The lowest BCUT2D eigenvalue weighted by Gasteiger charge is -2.24. The van der Waals surface area contributed by atoms with Gasteiger partial charge in [-0.15, -0.1) is 0 Å². The first-order valence-corrected chi connectivity index (χ1v) is 8.72. The minimum absolute atomic E-state index is 0.148. The Morgan fingerprint density at radius 2 is 2.00 bits per heavy atom. The van der Waals surface area contributed by atoms with E-state index in [0.29, 0.717) is 18.7 Å². The van der Waals surface area contributed by atoms with Gasteiger partial charge in [-0.1, -0.05) is 6.07 Å². The van der Waals surface area contributed by atoms with Crippen molar-refractivity contribution in [1.82, 2.24) is 14.7 Å². The maximum Gasteiger partial charge on any atom is 0.410 e. The Morgan fingerprint density at radius 1 is 1.27 bits per heavy atom. The lowest BCUT2D eigenvalue weighted by atomic mass is 10.0. The van der Waals surface area contributed by atoms with Gasteiger partial charge in [-0.3, -0.25) is 4.68 Å². The van der Waals surface area contributed by atoms with Gasteiger partial charge in [0, 0.05) is 31.4 Å². The molecule has 0 aliphatic carbocycles. The number of methoxy groups -OCH3 is 1. The van der Waals surface area contributed by atoms with Gasteiger partial charge in [0.25, 0.3) is 0 Å². The standard InChI is InChI=1S/C19H25N3O4/c1-19(2,3)26-18(24)22-9-8-13(11-22)16-14-7-6-12(17(23)25-5)10-15(14)21(4)20-16/h6-7,10,13H,8-9,11H2,1-5H3. The molecule has 0 saturated carbocycles. The molecule has 1 aliphatic heterocycles. The van der Waals surface area contributed by atoms with Crippen molar-refractivity contribution in [2.24, 2.45) is 7.05 Å². The molecule has 7 heteroatoms. The molecule has 0 N–H and O–H groups in total. The van der Waals surface area contributed by atoms with Gasteiger partial charge in [-0.05, 0) is 39.3 Å². The highest BCUT2D eigenvalue weighted by Crippen LogP contribution is 2.32. The quantitative estimate of drug-likeness (QED) is 0.771. The van der Waals surface area contributed by atoms with Gasteiger partial charge in [0.2, 0.25) is 0 Å². The molecule has 0 radical (unpaired) electrons. The molecule has 1 aromatic heterocycles. The Kier molecular flexibility index (Phi) is 4.64. The van der Waals surface area contributed by atoms with Crippen LogP contribution < -0.4 is 0 Å². The van der Waals surface area contributed by atoms with E-state index < -0.39 is 5.60 Å². The van der Waals surface area contributed by atoms with Crippen molar-refractivity contribution in [2.75, 3.05) is 20.2 Å². The average Bonchev–Trinajstić information content (AvgIpc) is 3.17. The number of ether oxygens (including phenoxy) is 2. The molecule has 1 atom stereocenters. The summed E-state index contributed by atoms with van der Waals surface area (Å²) in [6.45, 7) is 6.83. The zero-order chi connectivity index (χ0) is 19.1. The molecule has 26 heavy (non-hydrogen) atoms. The third-order valence-corrected chi connectivity index (χ3v) is 4.53. The van der Waals surface area contributed by atoms with Crippen LogP contribution in [0.1, 0.15) is 49.2 Å². The maximum atomic E-state index is 12.3. The predicted octanol–water partition coefficient (Wildman–Crippen LogP) is 3.08. The van der Waals surface area contributed by atoms with E-state index in [2.05, 4.69) is 5.10 Å². The van der Waals surface area contributed by atoms with Crippen LogP contribution in [-0.4, -0.2) is 52.5 Å². The molecule has 1 amide bonds. The summed E-state index contributed by atoms with van der Waals surface area (Å²) in [4.78, 5) is 25.8. The van der Waals surface area contributed by atoms with E-state index in [9.17, 15) is 9.59 Å². The van der Waals surface area contributed by atoms with Crippen LogP contribution in [0.2, 0.25) is 0 Å². The molecule has 3 rings (SSSR count). The van der Waals surface area contributed by atoms with Crippen molar-refractivity contribution in [2.45, 2.75) is 38.7 Å². The third kappa shape index (κ3) is 3.52. The number of rotatable bonds is 2. The highest BCUT2D eigenvalue weighted by atomic mass is 16.6. The molecular weight excluding hydrogens is 334 g/mol. The number of carbonyl (C=O) groups is 2. The average molecular weight is 359 g/mol. The second-order valence-electron chi connectivity index (χ2n) is 7.64. The number of hydrogen-bond acceptors (Lipinski definition) is 5. The van der Waals surface area contributed by atoms with Crippen molar-refractivity contribution in [3.05, 3.63) is 29.5 Å². The molecule has 7 nitrogen and oxygen atoms in total. The minimum Gasteiger partial charge on any atom is -0.465 e. The van der Waals surface area contributed by atoms with E-state index >= 15 is 0 Å². The van der Waals surface area contributed by atoms with Crippen LogP contribution in [0.25, 0.3) is 10.9 Å². The Hall–Kier alpha value is -2.57. The van der Waals surface area contributed by atoms with Gasteiger partial charge < -0.3 is 14.4 Å². The van der Waals surface area contributed by atoms with Crippen LogP contribution in [0.4, 0.5) is 4.79 Å². The van der Waals surface area contributed by atoms with Gasteiger partial charge in [0.05, 0.1) is 23.9 Å².